The highest BCUT2D eigenvalue weighted by Crippen LogP contribution is 2.23. The standard InChI is InChI=1S/C14H20ClNO4S/c1-11-10-20-13(9-17)8-16(11)21(18,19)14-4-2-12(3-5-14)6-7-15/h2-5,11,13,17H,6-10H2,1H3. The Hall–Kier alpha value is -0.660. The largest absolute Gasteiger partial charge is 0.394 e. The SMILES string of the molecule is CC1COC(CO)CN1S(=O)(=O)c1ccc(CCCl)cc1. The summed E-state index contributed by atoms with van der Waals surface area (Å²) >= 11 is 5.67. The number of hydrogen-bond donors (Lipinski definition) is 1. The van der Waals surface area contributed by atoms with E-state index in [1.807, 2.05) is 0 Å². The van der Waals surface area contributed by atoms with Gasteiger partial charge in [-0.15, -0.1) is 11.6 Å². The molecule has 5 nitrogen and oxygen atoms in total. The molecule has 2 unspecified atom stereocenters. The Bertz CT molecular complexity index is 561. The van der Waals surface area contributed by atoms with Gasteiger partial charge in [0.05, 0.1) is 24.2 Å². The Balaban J connectivity index is 2.23. The Morgan fingerprint density at radius 1 is 1.38 bits per heavy atom. The van der Waals surface area contributed by atoms with Crippen LogP contribution in [0, 0.1) is 0 Å². The average Bonchev–Trinajstić information content (AvgIpc) is 2.48. The van der Waals surface area contributed by atoms with Crippen molar-refractivity contribution >= 4 is 21.6 Å². The topological polar surface area (TPSA) is 66.8 Å². The molecule has 2 atom stereocenters. The second kappa shape index (κ2) is 7.07. The molecule has 1 aliphatic rings. The van der Waals surface area contributed by atoms with E-state index in [9.17, 15) is 8.42 Å². The van der Waals surface area contributed by atoms with E-state index in [4.69, 9.17) is 21.4 Å². The lowest BCUT2D eigenvalue weighted by atomic mass is 10.2. The van der Waals surface area contributed by atoms with Crippen molar-refractivity contribution in [2.24, 2.45) is 0 Å². The summed E-state index contributed by atoms with van der Waals surface area (Å²) in [5.41, 5.74) is 1.01. The van der Waals surface area contributed by atoms with Gasteiger partial charge in [-0.25, -0.2) is 8.42 Å². The number of hydrogen-bond acceptors (Lipinski definition) is 4. The number of morpholine rings is 1. The fourth-order valence-electron chi connectivity index (χ4n) is 2.31. The Labute approximate surface area is 130 Å². The van der Waals surface area contributed by atoms with Crippen LogP contribution in [0.4, 0.5) is 0 Å². The van der Waals surface area contributed by atoms with Gasteiger partial charge in [0.25, 0.3) is 0 Å². The maximum atomic E-state index is 12.7. The minimum absolute atomic E-state index is 0.170. The summed E-state index contributed by atoms with van der Waals surface area (Å²) in [5, 5.41) is 9.17. The van der Waals surface area contributed by atoms with Crippen molar-refractivity contribution in [1.82, 2.24) is 4.31 Å². The van der Waals surface area contributed by atoms with Crippen molar-refractivity contribution in [2.45, 2.75) is 30.4 Å². The van der Waals surface area contributed by atoms with Crippen molar-refractivity contribution in [3.8, 4) is 0 Å². The minimum Gasteiger partial charge on any atom is -0.394 e. The molecule has 1 aromatic rings. The van der Waals surface area contributed by atoms with Crippen LogP contribution in [0.3, 0.4) is 0 Å². The normalized spacial score (nSPS) is 24.1. The van der Waals surface area contributed by atoms with E-state index >= 15 is 0 Å². The monoisotopic (exact) mass is 333 g/mol. The zero-order valence-corrected chi connectivity index (χ0v) is 13.5. The summed E-state index contributed by atoms with van der Waals surface area (Å²) < 4.78 is 32.2. The van der Waals surface area contributed by atoms with Crippen LogP contribution in [0.2, 0.25) is 0 Å². The fraction of sp³-hybridized carbons (Fsp3) is 0.571. The molecule has 0 bridgehead atoms. The number of aliphatic hydroxyl groups is 1. The number of ether oxygens (including phenoxy) is 1. The van der Waals surface area contributed by atoms with Crippen LogP contribution in [0.25, 0.3) is 0 Å². The minimum atomic E-state index is -3.58. The van der Waals surface area contributed by atoms with Crippen LogP contribution in [0.5, 0.6) is 0 Å². The summed E-state index contributed by atoms with van der Waals surface area (Å²) in [7, 11) is -3.58. The highest BCUT2D eigenvalue weighted by molar-refractivity contribution is 7.89. The van der Waals surface area contributed by atoms with Crippen molar-refractivity contribution in [1.29, 1.82) is 0 Å². The predicted molar refractivity (Wildman–Crippen MR) is 81.0 cm³/mol. The number of halogens is 1. The van der Waals surface area contributed by atoms with Gasteiger partial charge >= 0.3 is 0 Å². The first-order chi connectivity index (χ1) is 9.98. The summed E-state index contributed by atoms with van der Waals surface area (Å²) in [6.45, 7) is 2.07. The van der Waals surface area contributed by atoms with Crippen molar-refractivity contribution < 1.29 is 18.3 Å². The molecular weight excluding hydrogens is 314 g/mol. The molecule has 1 heterocycles. The third kappa shape index (κ3) is 3.76. The van der Waals surface area contributed by atoms with Gasteiger partial charge in [-0.2, -0.15) is 4.31 Å². The van der Waals surface area contributed by atoms with Gasteiger partial charge in [-0.05, 0) is 31.0 Å². The Morgan fingerprint density at radius 3 is 2.62 bits per heavy atom. The summed E-state index contributed by atoms with van der Waals surface area (Å²) in [6.07, 6.45) is 0.245. The second-order valence-corrected chi connectivity index (χ2v) is 7.41. The van der Waals surface area contributed by atoms with Crippen LogP contribution in [-0.4, -0.2) is 55.6 Å². The summed E-state index contributed by atoms with van der Waals surface area (Å²) in [4.78, 5) is 0.256. The first-order valence-corrected chi connectivity index (χ1v) is 8.85. The first kappa shape index (κ1) is 16.7. The molecule has 0 aliphatic carbocycles. The molecule has 1 fully saturated rings. The van der Waals surface area contributed by atoms with Crippen LogP contribution < -0.4 is 0 Å². The number of sulfonamides is 1. The van der Waals surface area contributed by atoms with Crippen LogP contribution >= 0.6 is 11.6 Å². The average molecular weight is 334 g/mol. The molecular formula is C14H20ClNO4S. The smallest absolute Gasteiger partial charge is 0.243 e. The van der Waals surface area contributed by atoms with E-state index in [0.29, 0.717) is 12.3 Å². The van der Waals surface area contributed by atoms with Gasteiger partial charge in [0, 0.05) is 18.5 Å². The van der Waals surface area contributed by atoms with Gasteiger partial charge in [-0.3, -0.25) is 0 Å². The quantitative estimate of drug-likeness (QED) is 0.823. The van der Waals surface area contributed by atoms with Crippen molar-refractivity contribution in [2.75, 3.05) is 25.6 Å². The lowest BCUT2D eigenvalue weighted by Gasteiger charge is -2.36. The molecule has 2 rings (SSSR count). The van der Waals surface area contributed by atoms with Gasteiger partial charge in [0.1, 0.15) is 0 Å². The Morgan fingerprint density at radius 2 is 2.05 bits per heavy atom. The summed E-state index contributed by atoms with van der Waals surface area (Å²) in [6, 6.07) is 6.52. The molecule has 0 amide bonds. The summed E-state index contributed by atoms with van der Waals surface area (Å²) in [5.74, 6) is 0.505. The zero-order chi connectivity index (χ0) is 15.5. The third-order valence-electron chi connectivity index (χ3n) is 3.57. The van der Waals surface area contributed by atoms with E-state index in [0.717, 1.165) is 5.56 Å². The second-order valence-electron chi connectivity index (χ2n) is 5.14. The number of aryl methyl sites for hydroxylation is 1. The van der Waals surface area contributed by atoms with E-state index in [2.05, 4.69) is 0 Å². The number of alkyl halides is 1. The van der Waals surface area contributed by atoms with Gasteiger partial charge in [-0.1, -0.05) is 12.1 Å². The maximum Gasteiger partial charge on any atom is 0.243 e. The molecule has 1 aliphatic heterocycles. The number of rotatable bonds is 5. The molecule has 21 heavy (non-hydrogen) atoms. The first-order valence-electron chi connectivity index (χ1n) is 6.88. The highest BCUT2D eigenvalue weighted by Gasteiger charge is 2.35. The van der Waals surface area contributed by atoms with E-state index in [-0.39, 0.29) is 30.7 Å². The number of aliphatic hydroxyl groups excluding tert-OH is 1. The fourth-order valence-corrected chi connectivity index (χ4v) is 4.18. The lowest BCUT2D eigenvalue weighted by Crippen LogP contribution is -2.51. The molecule has 0 spiro atoms. The van der Waals surface area contributed by atoms with E-state index in [1.54, 1.807) is 31.2 Å². The molecule has 118 valence electrons. The number of nitrogens with zero attached hydrogens (tertiary/aromatic N) is 1. The molecule has 0 radical (unpaired) electrons. The molecule has 1 N–H and O–H groups in total. The van der Waals surface area contributed by atoms with E-state index < -0.39 is 16.1 Å². The van der Waals surface area contributed by atoms with Gasteiger partial charge in [0.15, 0.2) is 0 Å². The third-order valence-corrected chi connectivity index (χ3v) is 5.75. The van der Waals surface area contributed by atoms with Crippen LogP contribution in [0.1, 0.15) is 12.5 Å². The molecule has 0 aromatic heterocycles. The van der Waals surface area contributed by atoms with Crippen molar-refractivity contribution in [3.63, 3.8) is 0 Å². The maximum absolute atomic E-state index is 12.7. The molecule has 7 heteroatoms. The molecule has 1 saturated heterocycles. The lowest BCUT2D eigenvalue weighted by molar-refractivity contribution is -0.0516. The molecule has 1 aromatic carbocycles. The van der Waals surface area contributed by atoms with Gasteiger partial charge < -0.3 is 9.84 Å². The van der Waals surface area contributed by atoms with Gasteiger partial charge in [0.2, 0.25) is 10.0 Å². The molecule has 0 saturated carbocycles. The van der Waals surface area contributed by atoms with Crippen LogP contribution in [-0.2, 0) is 21.2 Å². The highest BCUT2D eigenvalue weighted by atomic mass is 35.5. The zero-order valence-electron chi connectivity index (χ0n) is 11.9. The number of benzene rings is 1. The van der Waals surface area contributed by atoms with E-state index in [1.165, 1.54) is 4.31 Å². The Kier molecular flexibility index (Phi) is 5.62. The predicted octanol–water partition coefficient (Wildman–Crippen LogP) is 1.24. The van der Waals surface area contributed by atoms with Crippen molar-refractivity contribution in [3.05, 3.63) is 29.8 Å². The van der Waals surface area contributed by atoms with Crippen LogP contribution in [0.15, 0.2) is 29.2 Å².